The molecule has 2 unspecified atom stereocenters. The summed E-state index contributed by atoms with van der Waals surface area (Å²) >= 11 is 2.42. The summed E-state index contributed by atoms with van der Waals surface area (Å²) in [4.78, 5) is 86.7. The number of nitrogens with zero attached hydrogens (tertiary/aromatic N) is 4. The van der Waals surface area contributed by atoms with Crippen molar-refractivity contribution in [3.63, 3.8) is 0 Å². The van der Waals surface area contributed by atoms with E-state index in [9.17, 15) is 28.8 Å². The summed E-state index contributed by atoms with van der Waals surface area (Å²) in [6.07, 6.45) is 49.1. The van der Waals surface area contributed by atoms with Gasteiger partial charge in [0, 0.05) is 50.5 Å². The van der Waals surface area contributed by atoms with E-state index in [2.05, 4.69) is 52.6 Å². The lowest BCUT2D eigenvalue weighted by Crippen LogP contribution is -2.39. The van der Waals surface area contributed by atoms with Crippen LogP contribution in [0.5, 0.6) is 0 Å². The summed E-state index contributed by atoms with van der Waals surface area (Å²) in [6, 6.07) is 0. The molecule has 0 aliphatic heterocycles. The van der Waals surface area contributed by atoms with Gasteiger partial charge in [0.15, 0.2) is 0 Å². The number of amides is 2. The van der Waals surface area contributed by atoms with Crippen LogP contribution >= 0.6 is 23.5 Å². The molecule has 0 N–H and O–H groups in total. The van der Waals surface area contributed by atoms with Gasteiger partial charge in [-0.25, -0.2) is 0 Å². The van der Waals surface area contributed by atoms with Crippen molar-refractivity contribution < 1.29 is 47.7 Å². The van der Waals surface area contributed by atoms with Crippen molar-refractivity contribution in [1.29, 1.82) is 0 Å². The highest BCUT2D eigenvalue weighted by atomic mass is 32.2. The van der Waals surface area contributed by atoms with Gasteiger partial charge in [-0.15, -0.1) is 0 Å². The Hall–Kier alpha value is -3.08. The Labute approximate surface area is 542 Å². The van der Waals surface area contributed by atoms with Crippen LogP contribution in [0.4, 0.5) is 9.59 Å². The Bertz CT molecular complexity index is 1720. The number of ether oxygens (including phenoxy) is 4. The minimum absolute atomic E-state index is 0.0193. The van der Waals surface area contributed by atoms with Gasteiger partial charge in [-0.2, -0.15) is 0 Å². The average Bonchev–Trinajstić information content (AvgIpc) is 3.62. The fourth-order valence-corrected chi connectivity index (χ4v) is 12.1. The van der Waals surface area contributed by atoms with Gasteiger partial charge in [0.25, 0.3) is 10.5 Å². The van der Waals surface area contributed by atoms with Gasteiger partial charge in [0.2, 0.25) is 0 Å². The third kappa shape index (κ3) is 56.6. The fourth-order valence-electron chi connectivity index (χ4n) is 10.2. The summed E-state index contributed by atoms with van der Waals surface area (Å²) in [7, 11) is 6.00. The van der Waals surface area contributed by atoms with Gasteiger partial charge in [-0.3, -0.25) is 28.8 Å². The molecule has 0 rings (SSSR count). The summed E-state index contributed by atoms with van der Waals surface area (Å²) in [5.41, 5.74) is 0. The van der Waals surface area contributed by atoms with Crippen LogP contribution in [0.2, 0.25) is 0 Å². The number of hydrogen-bond donors (Lipinski definition) is 0. The van der Waals surface area contributed by atoms with Crippen LogP contribution in [0.3, 0.4) is 0 Å². The van der Waals surface area contributed by atoms with E-state index < -0.39 is 11.9 Å². The average molecular weight is 1270 g/mol. The molecule has 2 amide bonds. The number of thioether (sulfide) groups is 2. The second-order valence-corrected chi connectivity index (χ2v) is 26.6. The van der Waals surface area contributed by atoms with Crippen molar-refractivity contribution in [2.45, 2.75) is 304 Å². The van der Waals surface area contributed by atoms with Gasteiger partial charge >= 0.3 is 23.9 Å². The van der Waals surface area contributed by atoms with Crippen LogP contribution < -0.4 is 0 Å². The zero-order valence-electron chi connectivity index (χ0n) is 57.2. The quantitative estimate of drug-likeness (QED) is 0.0246. The van der Waals surface area contributed by atoms with Crippen molar-refractivity contribution in [1.82, 2.24) is 19.6 Å². The summed E-state index contributed by atoms with van der Waals surface area (Å²) in [5, 5.41) is -0.349. The van der Waals surface area contributed by atoms with Crippen LogP contribution in [0.25, 0.3) is 0 Å². The normalized spacial score (nSPS) is 12.3. The van der Waals surface area contributed by atoms with Crippen molar-refractivity contribution in [2.75, 3.05) is 91.7 Å². The Morgan fingerprint density at radius 2 is 0.724 bits per heavy atom. The topological polar surface area (TPSA) is 152 Å². The molecule has 508 valence electrons. The van der Waals surface area contributed by atoms with Gasteiger partial charge in [-0.05, 0) is 124 Å². The molecule has 14 nitrogen and oxygen atoms in total. The molecular weight excluding hydrogens is 1130 g/mol. The number of carbonyl (C=O) groups excluding carboxylic acids is 6. The second-order valence-electron chi connectivity index (χ2n) is 24.5. The first-order chi connectivity index (χ1) is 42.3. The summed E-state index contributed by atoms with van der Waals surface area (Å²) < 4.78 is 23.1. The predicted molar refractivity (Wildman–Crippen MR) is 368 cm³/mol. The molecule has 0 bridgehead atoms. The minimum Gasteiger partial charge on any atom is -0.462 e. The molecule has 0 aromatic carbocycles. The fraction of sp³-hybridized carbons (Fsp3) is 0.859. The van der Waals surface area contributed by atoms with Crippen molar-refractivity contribution in [2.24, 2.45) is 0 Å². The van der Waals surface area contributed by atoms with Gasteiger partial charge in [0.1, 0.15) is 38.5 Å². The number of hydrogen-bond acceptors (Lipinski definition) is 14. The molecular formula is C71H132N4O10S2. The highest BCUT2D eigenvalue weighted by Crippen LogP contribution is 2.21. The van der Waals surface area contributed by atoms with E-state index in [1.54, 1.807) is 0 Å². The lowest BCUT2D eigenvalue weighted by molar-refractivity contribution is -0.152. The molecule has 87 heavy (non-hydrogen) atoms. The molecule has 0 aliphatic carbocycles. The van der Waals surface area contributed by atoms with Crippen molar-refractivity contribution >= 4 is 57.9 Å². The lowest BCUT2D eigenvalue weighted by Gasteiger charge is -2.23. The SMILES string of the molecule is CCCCCC/C=C\COC(=O)CCCN(CCCC(=O)OC(CCCCCC)CCCCCCC)C(=O)SCCN(C)CCCCCCCCCC(CCCCCCCC)OC(=O)CN(CC(=O)OC/C=C\CCCCCC)C(=O)SCCN(C)C. The summed E-state index contributed by atoms with van der Waals surface area (Å²) in [5.74, 6) is -0.258. The number of allylic oxidation sites excluding steroid dienone is 2. The van der Waals surface area contributed by atoms with Crippen LogP contribution in [0.15, 0.2) is 24.3 Å². The smallest absolute Gasteiger partial charge is 0.326 e. The zero-order chi connectivity index (χ0) is 64.1. The molecule has 0 aromatic rings. The van der Waals surface area contributed by atoms with Gasteiger partial charge in [0.05, 0.1) is 0 Å². The zero-order valence-corrected chi connectivity index (χ0v) is 58.8. The molecule has 0 spiro atoms. The number of unbranched alkanes of at least 4 members (excludes halogenated alkanes) is 26. The minimum atomic E-state index is -0.540. The van der Waals surface area contributed by atoms with Crippen LogP contribution in [-0.2, 0) is 38.1 Å². The first-order valence-electron chi connectivity index (χ1n) is 35.5. The van der Waals surface area contributed by atoms with Crippen LogP contribution in [0, 0.1) is 0 Å². The maximum atomic E-state index is 13.7. The maximum absolute atomic E-state index is 13.7. The van der Waals surface area contributed by atoms with Gasteiger partial charge in [-0.1, -0.05) is 230 Å². The van der Waals surface area contributed by atoms with Crippen LogP contribution in [-0.4, -0.2) is 158 Å². The molecule has 0 radical (unpaired) electrons. The Kier molecular flexibility index (Phi) is 60.9. The van der Waals surface area contributed by atoms with E-state index in [1.807, 2.05) is 42.1 Å². The number of carbonyl (C=O) groups is 6. The highest BCUT2D eigenvalue weighted by Gasteiger charge is 2.25. The van der Waals surface area contributed by atoms with Crippen LogP contribution in [0.1, 0.15) is 291 Å². The third-order valence-corrected chi connectivity index (χ3v) is 17.5. The van der Waals surface area contributed by atoms with Crippen molar-refractivity contribution in [3.8, 4) is 0 Å². The van der Waals surface area contributed by atoms with Crippen molar-refractivity contribution in [3.05, 3.63) is 24.3 Å². The maximum Gasteiger partial charge on any atom is 0.326 e. The highest BCUT2D eigenvalue weighted by molar-refractivity contribution is 8.13. The molecule has 16 heteroatoms. The van der Waals surface area contributed by atoms with E-state index in [-0.39, 0.29) is 73.8 Å². The van der Waals surface area contributed by atoms with Gasteiger partial charge < -0.3 is 38.5 Å². The molecule has 0 saturated heterocycles. The molecule has 0 aliphatic rings. The molecule has 0 saturated carbocycles. The molecule has 0 fully saturated rings. The van der Waals surface area contributed by atoms with E-state index >= 15 is 0 Å². The largest absolute Gasteiger partial charge is 0.462 e. The molecule has 2 atom stereocenters. The predicted octanol–water partition coefficient (Wildman–Crippen LogP) is 18.5. The second kappa shape index (κ2) is 63.1. The Balaban J connectivity index is 5.23. The van der Waals surface area contributed by atoms with E-state index in [0.717, 1.165) is 153 Å². The summed E-state index contributed by atoms with van der Waals surface area (Å²) in [6.45, 7) is 14.2. The Morgan fingerprint density at radius 1 is 0.356 bits per heavy atom. The monoisotopic (exact) mass is 1260 g/mol. The molecule has 0 heterocycles. The first-order valence-corrected chi connectivity index (χ1v) is 37.4. The standard InChI is InChI=1S/C71H132N4O10S2/c1-9-14-19-24-30-36-43-58-82-66(76)51-45-54-74(55-46-52-67(77)84-64(47-38-23-18-13-5)48-39-32-22-17-12-4)70(80)87-61-57-73(8)53-42-35-29-27-28-34-41-50-65(49-40-33-26-21-16-11-3)85-69(79)63-75(71(81)86-60-56-72(6)7)62-68(78)83-59-44-37-31-25-20-15-10-2/h36-37,43-44,64-65H,9-35,38-42,45-63H2,1-8H3/b43-36-,44-37-. The third-order valence-electron chi connectivity index (χ3n) is 15.8. The first kappa shape index (κ1) is 83.9. The Morgan fingerprint density at radius 3 is 1.20 bits per heavy atom. The van der Waals surface area contributed by atoms with E-state index in [1.165, 1.54) is 119 Å². The van der Waals surface area contributed by atoms with E-state index in [4.69, 9.17) is 18.9 Å². The lowest BCUT2D eigenvalue weighted by atomic mass is 10.0. The molecule has 0 aromatic heterocycles. The number of esters is 4. The number of rotatable bonds is 62. The van der Waals surface area contributed by atoms with E-state index in [0.29, 0.717) is 44.0 Å².